The Labute approximate surface area is 126 Å². The van der Waals surface area contributed by atoms with Crippen LogP contribution < -0.4 is 10.1 Å². The molecule has 2 rings (SSSR count). The first kappa shape index (κ1) is 15.6. The lowest BCUT2D eigenvalue weighted by molar-refractivity contribution is 0.202. The molecule has 4 heteroatoms. The van der Waals surface area contributed by atoms with Gasteiger partial charge in [-0.1, -0.05) is 12.1 Å². The van der Waals surface area contributed by atoms with Crippen molar-refractivity contribution in [3.8, 4) is 5.75 Å². The summed E-state index contributed by atoms with van der Waals surface area (Å²) >= 11 is 0. The summed E-state index contributed by atoms with van der Waals surface area (Å²) in [5.41, 5.74) is 2.40. The van der Waals surface area contributed by atoms with Crippen LogP contribution in [0.25, 0.3) is 0 Å². The van der Waals surface area contributed by atoms with Gasteiger partial charge in [-0.2, -0.15) is 0 Å². The van der Waals surface area contributed by atoms with Gasteiger partial charge in [-0.3, -0.25) is 0 Å². The number of ether oxygens (including phenoxy) is 2. The third-order valence-electron chi connectivity index (χ3n) is 3.31. The van der Waals surface area contributed by atoms with Crippen LogP contribution in [-0.2, 0) is 24.3 Å². The van der Waals surface area contributed by atoms with Gasteiger partial charge in [-0.25, -0.2) is 0 Å². The third kappa shape index (κ3) is 4.62. The van der Waals surface area contributed by atoms with Crippen LogP contribution in [0, 0.1) is 6.92 Å². The predicted octanol–water partition coefficient (Wildman–Crippen LogP) is 3.08. The summed E-state index contributed by atoms with van der Waals surface area (Å²) in [7, 11) is 3.62. The molecule has 1 aromatic carbocycles. The number of furan rings is 1. The molecular weight excluding hydrogens is 266 g/mol. The van der Waals surface area contributed by atoms with Crippen molar-refractivity contribution in [3.05, 3.63) is 53.0 Å². The molecule has 0 aliphatic rings. The van der Waals surface area contributed by atoms with Gasteiger partial charge in [0.15, 0.2) is 0 Å². The minimum absolute atomic E-state index is 0.446. The van der Waals surface area contributed by atoms with Crippen molar-refractivity contribution in [3.63, 3.8) is 0 Å². The highest BCUT2D eigenvalue weighted by Gasteiger charge is 2.07. The molecule has 0 saturated heterocycles. The highest BCUT2D eigenvalue weighted by molar-refractivity contribution is 5.28. The smallest absolute Gasteiger partial charge is 0.146 e. The Bertz CT molecular complexity index is 546. The zero-order chi connectivity index (χ0) is 15.1. The Kier molecular flexibility index (Phi) is 5.84. The summed E-state index contributed by atoms with van der Waals surface area (Å²) in [5, 5.41) is 3.09. The Balaban J connectivity index is 1.89. The van der Waals surface area contributed by atoms with Crippen LogP contribution in [-0.4, -0.2) is 20.8 Å². The van der Waals surface area contributed by atoms with Gasteiger partial charge < -0.3 is 19.2 Å². The van der Waals surface area contributed by atoms with Crippen molar-refractivity contribution in [2.24, 2.45) is 0 Å². The Morgan fingerprint density at radius 3 is 2.62 bits per heavy atom. The van der Waals surface area contributed by atoms with Gasteiger partial charge >= 0.3 is 0 Å². The Morgan fingerprint density at radius 1 is 1.19 bits per heavy atom. The van der Waals surface area contributed by atoms with Crippen molar-refractivity contribution < 1.29 is 13.9 Å². The van der Waals surface area contributed by atoms with Gasteiger partial charge in [-0.15, -0.1) is 0 Å². The second kappa shape index (κ2) is 7.86. The van der Waals surface area contributed by atoms with Crippen LogP contribution in [0.1, 0.15) is 22.6 Å². The summed E-state index contributed by atoms with van der Waals surface area (Å²) in [6.45, 7) is 3.96. The quantitative estimate of drug-likeness (QED) is 0.811. The van der Waals surface area contributed by atoms with Crippen LogP contribution in [0.2, 0.25) is 0 Å². The summed E-state index contributed by atoms with van der Waals surface area (Å²) in [6, 6.07) is 10.1. The van der Waals surface area contributed by atoms with E-state index in [2.05, 4.69) is 17.4 Å². The van der Waals surface area contributed by atoms with E-state index in [4.69, 9.17) is 13.9 Å². The van der Waals surface area contributed by atoms with Crippen LogP contribution in [0.5, 0.6) is 5.75 Å². The average Bonchev–Trinajstić information content (AvgIpc) is 2.85. The number of hydrogen-bond donors (Lipinski definition) is 1. The highest BCUT2D eigenvalue weighted by atomic mass is 16.5. The third-order valence-corrected chi connectivity index (χ3v) is 3.31. The van der Waals surface area contributed by atoms with E-state index in [1.807, 2.05) is 32.2 Å². The molecule has 0 radical (unpaired) electrons. The molecule has 0 bridgehead atoms. The Hall–Kier alpha value is -1.78. The van der Waals surface area contributed by atoms with Crippen molar-refractivity contribution in [2.75, 3.05) is 20.8 Å². The maximum atomic E-state index is 5.75. The molecule has 0 saturated carbocycles. The molecule has 1 heterocycles. The standard InChI is InChI=1S/C17H23NO3/c1-13-10-16(21-17(13)11-18-2)12-20-15-6-4-14(5-7-15)8-9-19-3/h4-7,10,18H,8-9,11-12H2,1-3H3. The summed E-state index contributed by atoms with van der Waals surface area (Å²) in [5.74, 6) is 2.66. The van der Waals surface area contributed by atoms with E-state index in [1.54, 1.807) is 7.11 Å². The minimum Gasteiger partial charge on any atom is -0.486 e. The lowest BCUT2D eigenvalue weighted by Crippen LogP contribution is -2.04. The molecule has 1 N–H and O–H groups in total. The van der Waals surface area contributed by atoms with E-state index in [-0.39, 0.29) is 0 Å². The largest absolute Gasteiger partial charge is 0.486 e. The molecule has 1 aromatic heterocycles. The van der Waals surface area contributed by atoms with Gasteiger partial charge in [-0.05, 0) is 49.7 Å². The van der Waals surface area contributed by atoms with Crippen LogP contribution in [0.3, 0.4) is 0 Å². The van der Waals surface area contributed by atoms with E-state index >= 15 is 0 Å². The topological polar surface area (TPSA) is 43.6 Å². The lowest BCUT2D eigenvalue weighted by Gasteiger charge is -2.06. The second-order valence-corrected chi connectivity index (χ2v) is 5.02. The van der Waals surface area contributed by atoms with Gasteiger partial charge in [0, 0.05) is 7.11 Å². The van der Waals surface area contributed by atoms with Crippen LogP contribution >= 0.6 is 0 Å². The molecule has 0 aliphatic carbocycles. The van der Waals surface area contributed by atoms with E-state index in [0.29, 0.717) is 6.61 Å². The van der Waals surface area contributed by atoms with E-state index < -0.39 is 0 Å². The zero-order valence-electron chi connectivity index (χ0n) is 12.9. The molecule has 0 amide bonds. The minimum atomic E-state index is 0.446. The average molecular weight is 289 g/mol. The SMILES string of the molecule is CNCc1oc(COc2ccc(CCOC)cc2)cc1C. The lowest BCUT2D eigenvalue weighted by atomic mass is 10.1. The van der Waals surface area contributed by atoms with E-state index in [9.17, 15) is 0 Å². The molecule has 0 spiro atoms. The van der Waals surface area contributed by atoms with E-state index in [1.165, 1.54) is 5.56 Å². The number of hydrogen-bond acceptors (Lipinski definition) is 4. The molecule has 2 aromatic rings. The van der Waals surface area contributed by atoms with Gasteiger partial charge in [0.2, 0.25) is 0 Å². The maximum Gasteiger partial charge on any atom is 0.146 e. The number of rotatable bonds is 8. The van der Waals surface area contributed by atoms with Crippen molar-refractivity contribution in [1.82, 2.24) is 5.32 Å². The second-order valence-electron chi connectivity index (χ2n) is 5.02. The molecule has 0 unspecified atom stereocenters. The molecule has 0 atom stereocenters. The summed E-state index contributed by atoms with van der Waals surface area (Å²) in [6.07, 6.45) is 0.918. The number of aryl methyl sites for hydroxylation is 1. The fourth-order valence-electron chi connectivity index (χ4n) is 2.12. The van der Waals surface area contributed by atoms with Gasteiger partial charge in [0.1, 0.15) is 23.9 Å². The van der Waals surface area contributed by atoms with Gasteiger partial charge in [0.25, 0.3) is 0 Å². The van der Waals surface area contributed by atoms with Gasteiger partial charge in [0.05, 0.1) is 13.2 Å². The van der Waals surface area contributed by atoms with Crippen LogP contribution in [0.15, 0.2) is 34.7 Å². The Morgan fingerprint density at radius 2 is 1.95 bits per heavy atom. The molecule has 114 valence electrons. The highest BCUT2D eigenvalue weighted by Crippen LogP contribution is 2.18. The summed E-state index contributed by atoms with van der Waals surface area (Å²) < 4.78 is 16.6. The first-order chi connectivity index (χ1) is 10.2. The first-order valence-corrected chi connectivity index (χ1v) is 7.16. The predicted molar refractivity (Wildman–Crippen MR) is 82.6 cm³/mol. The van der Waals surface area contributed by atoms with Crippen molar-refractivity contribution in [1.29, 1.82) is 0 Å². The number of benzene rings is 1. The van der Waals surface area contributed by atoms with E-state index in [0.717, 1.165) is 42.4 Å². The molecule has 0 aliphatic heterocycles. The van der Waals surface area contributed by atoms with Crippen LogP contribution in [0.4, 0.5) is 0 Å². The number of nitrogens with one attached hydrogen (secondary N) is 1. The fraction of sp³-hybridized carbons (Fsp3) is 0.412. The summed E-state index contributed by atoms with van der Waals surface area (Å²) in [4.78, 5) is 0. The fourth-order valence-corrected chi connectivity index (χ4v) is 2.12. The number of methoxy groups -OCH3 is 1. The zero-order valence-corrected chi connectivity index (χ0v) is 12.9. The maximum absolute atomic E-state index is 5.75. The molecule has 21 heavy (non-hydrogen) atoms. The van der Waals surface area contributed by atoms with Crippen molar-refractivity contribution >= 4 is 0 Å². The molecule has 4 nitrogen and oxygen atoms in total. The normalized spacial score (nSPS) is 10.8. The molecular formula is C17H23NO3. The monoisotopic (exact) mass is 289 g/mol. The molecule has 0 fully saturated rings. The first-order valence-electron chi connectivity index (χ1n) is 7.16. The van der Waals surface area contributed by atoms with Crippen molar-refractivity contribution in [2.45, 2.75) is 26.5 Å².